The number of carbonyl (C=O) groups is 1. The molecule has 1 aromatic heterocycles. The molecule has 1 amide bonds. The summed E-state index contributed by atoms with van der Waals surface area (Å²) in [6.45, 7) is 4.23. The molecule has 3 rings (SSSR count). The fourth-order valence-electron chi connectivity index (χ4n) is 2.76. The molecule has 0 spiro atoms. The summed E-state index contributed by atoms with van der Waals surface area (Å²) >= 11 is 4.75. The van der Waals surface area contributed by atoms with Gasteiger partial charge in [-0.3, -0.25) is 4.79 Å². The van der Waals surface area contributed by atoms with E-state index in [9.17, 15) is 4.79 Å². The van der Waals surface area contributed by atoms with Crippen molar-refractivity contribution in [1.82, 2.24) is 4.98 Å². The van der Waals surface area contributed by atoms with E-state index in [1.165, 1.54) is 11.3 Å². The van der Waals surface area contributed by atoms with Gasteiger partial charge < -0.3 is 19.5 Å². The van der Waals surface area contributed by atoms with Crippen molar-refractivity contribution in [1.29, 1.82) is 0 Å². The van der Waals surface area contributed by atoms with E-state index in [1.807, 2.05) is 50.2 Å². The topological polar surface area (TPSA) is 69.7 Å². The zero-order valence-corrected chi connectivity index (χ0v) is 18.9. The largest absolute Gasteiger partial charge is 0.493 e. The molecular weight excluding hydrogens is 456 g/mol. The number of anilines is 1. The Hall–Kier alpha value is -2.58. The van der Waals surface area contributed by atoms with Gasteiger partial charge in [-0.25, -0.2) is 4.98 Å². The third kappa shape index (κ3) is 4.71. The molecule has 0 atom stereocenters. The number of benzene rings is 2. The number of nitrogens with zero attached hydrogens (tertiary/aromatic N) is 1. The van der Waals surface area contributed by atoms with Gasteiger partial charge in [-0.05, 0) is 50.2 Å². The summed E-state index contributed by atoms with van der Waals surface area (Å²) in [5.41, 5.74) is 2.11. The van der Waals surface area contributed by atoms with E-state index in [0.29, 0.717) is 40.1 Å². The average molecular weight is 477 g/mol. The number of amides is 1. The van der Waals surface area contributed by atoms with Gasteiger partial charge in [0.15, 0.2) is 11.5 Å². The molecule has 8 heteroatoms. The van der Waals surface area contributed by atoms with Crippen LogP contribution in [0.15, 0.2) is 40.9 Å². The molecule has 6 nitrogen and oxygen atoms in total. The van der Waals surface area contributed by atoms with E-state index in [-0.39, 0.29) is 5.91 Å². The fourth-order valence-corrected chi connectivity index (χ4v) is 4.08. The second kappa shape index (κ2) is 9.28. The lowest BCUT2D eigenvalue weighted by atomic mass is 10.2. The third-order valence-electron chi connectivity index (χ3n) is 4.12. The van der Waals surface area contributed by atoms with Crippen molar-refractivity contribution in [2.24, 2.45) is 0 Å². The van der Waals surface area contributed by atoms with Crippen LogP contribution in [0.2, 0.25) is 0 Å². The van der Waals surface area contributed by atoms with E-state index in [4.69, 9.17) is 14.2 Å². The minimum atomic E-state index is -0.231. The Morgan fingerprint density at radius 2 is 1.83 bits per heavy atom. The third-order valence-corrected chi connectivity index (χ3v) is 5.82. The van der Waals surface area contributed by atoms with Crippen LogP contribution in [0.4, 0.5) is 5.69 Å². The Balaban J connectivity index is 1.89. The molecule has 0 radical (unpaired) electrons. The second-order valence-corrected chi connectivity index (χ2v) is 7.95. The number of nitrogens with one attached hydrogen (secondary N) is 1. The number of rotatable bonds is 7. The Labute approximate surface area is 182 Å². The van der Waals surface area contributed by atoms with E-state index in [2.05, 4.69) is 26.2 Å². The lowest BCUT2D eigenvalue weighted by Gasteiger charge is -2.11. The number of hydrogen-bond donors (Lipinski definition) is 1. The van der Waals surface area contributed by atoms with Gasteiger partial charge in [-0.15, -0.1) is 11.3 Å². The predicted octanol–water partition coefficient (Wildman–Crippen LogP) is 5.55. The molecule has 2 aromatic carbocycles. The Kier molecular flexibility index (Phi) is 6.76. The highest BCUT2D eigenvalue weighted by molar-refractivity contribution is 9.10. The van der Waals surface area contributed by atoms with E-state index in [1.54, 1.807) is 14.2 Å². The number of carbonyl (C=O) groups excluding carboxylic acids is 1. The SMILES string of the molecule is CCOc1ccc(Br)cc1NC(=O)c1sc(-c2ccc(OC)c(OC)c2)nc1C. The summed E-state index contributed by atoms with van der Waals surface area (Å²) in [6, 6.07) is 11.1. The monoisotopic (exact) mass is 476 g/mol. The molecule has 0 fully saturated rings. The van der Waals surface area contributed by atoms with Crippen LogP contribution in [0.25, 0.3) is 10.6 Å². The highest BCUT2D eigenvalue weighted by Gasteiger charge is 2.19. The molecule has 1 N–H and O–H groups in total. The first kappa shape index (κ1) is 21.1. The first-order valence-electron chi connectivity index (χ1n) is 8.90. The maximum atomic E-state index is 12.9. The molecule has 0 unspecified atom stereocenters. The molecule has 0 saturated carbocycles. The molecule has 29 heavy (non-hydrogen) atoms. The number of halogens is 1. The van der Waals surface area contributed by atoms with E-state index >= 15 is 0 Å². The maximum Gasteiger partial charge on any atom is 0.267 e. The molecule has 1 heterocycles. The lowest BCUT2D eigenvalue weighted by molar-refractivity contribution is 0.102. The first-order valence-corrected chi connectivity index (χ1v) is 10.5. The Bertz CT molecular complexity index is 1040. The normalized spacial score (nSPS) is 10.5. The molecule has 0 bridgehead atoms. The van der Waals surface area contributed by atoms with Crippen molar-refractivity contribution in [2.75, 3.05) is 26.1 Å². The summed E-state index contributed by atoms with van der Waals surface area (Å²) in [5.74, 6) is 1.64. The molecule has 0 saturated heterocycles. The minimum absolute atomic E-state index is 0.231. The van der Waals surface area contributed by atoms with Gasteiger partial charge in [-0.2, -0.15) is 0 Å². The van der Waals surface area contributed by atoms with E-state index < -0.39 is 0 Å². The number of aryl methyl sites for hydroxylation is 1. The molecule has 0 aliphatic rings. The van der Waals surface area contributed by atoms with Crippen molar-refractivity contribution in [3.8, 4) is 27.8 Å². The number of methoxy groups -OCH3 is 2. The highest BCUT2D eigenvalue weighted by atomic mass is 79.9. The standard InChI is InChI=1S/C21H21BrN2O4S/c1-5-28-16-9-7-14(22)11-15(16)24-20(25)19-12(2)23-21(29-19)13-6-8-17(26-3)18(10-13)27-4/h6-11H,5H2,1-4H3,(H,24,25). The zero-order chi connectivity index (χ0) is 21.0. The Morgan fingerprint density at radius 1 is 1.10 bits per heavy atom. The second-order valence-electron chi connectivity index (χ2n) is 6.03. The maximum absolute atomic E-state index is 12.9. The van der Waals surface area contributed by atoms with Crippen molar-refractivity contribution >= 4 is 38.9 Å². The Morgan fingerprint density at radius 3 is 2.52 bits per heavy atom. The minimum Gasteiger partial charge on any atom is -0.493 e. The zero-order valence-electron chi connectivity index (χ0n) is 16.5. The predicted molar refractivity (Wildman–Crippen MR) is 119 cm³/mol. The summed E-state index contributed by atoms with van der Waals surface area (Å²) in [6.07, 6.45) is 0. The summed E-state index contributed by atoms with van der Waals surface area (Å²) in [7, 11) is 3.17. The highest BCUT2D eigenvalue weighted by Crippen LogP contribution is 2.36. The number of thiazole rings is 1. The van der Waals surface area contributed by atoms with Crippen LogP contribution in [0.5, 0.6) is 17.2 Å². The summed E-state index contributed by atoms with van der Waals surface area (Å²) in [4.78, 5) is 18.0. The molecule has 3 aromatic rings. The summed E-state index contributed by atoms with van der Waals surface area (Å²) < 4.78 is 17.1. The van der Waals surface area contributed by atoms with Crippen LogP contribution >= 0.6 is 27.3 Å². The van der Waals surface area contributed by atoms with E-state index in [0.717, 1.165) is 15.0 Å². The van der Waals surface area contributed by atoms with Gasteiger partial charge in [0.05, 0.1) is 32.2 Å². The van der Waals surface area contributed by atoms with Crippen LogP contribution in [-0.4, -0.2) is 31.7 Å². The molecular formula is C21H21BrN2O4S. The first-order chi connectivity index (χ1) is 14.0. The average Bonchev–Trinajstić information content (AvgIpc) is 3.11. The molecule has 152 valence electrons. The van der Waals surface area contributed by atoms with Crippen LogP contribution in [0.3, 0.4) is 0 Å². The van der Waals surface area contributed by atoms with Crippen molar-refractivity contribution < 1.29 is 19.0 Å². The van der Waals surface area contributed by atoms with Crippen LogP contribution in [0.1, 0.15) is 22.3 Å². The van der Waals surface area contributed by atoms with Gasteiger partial charge in [0.25, 0.3) is 5.91 Å². The van der Waals surface area contributed by atoms with Crippen molar-refractivity contribution in [3.05, 3.63) is 51.4 Å². The number of hydrogen-bond acceptors (Lipinski definition) is 6. The van der Waals surface area contributed by atoms with Crippen LogP contribution in [0, 0.1) is 6.92 Å². The quantitative estimate of drug-likeness (QED) is 0.483. The van der Waals surface area contributed by atoms with Gasteiger partial charge in [0.1, 0.15) is 15.6 Å². The van der Waals surface area contributed by atoms with Crippen LogP contribution < -0.4 is 19.5 Å². The van der Waals surface area contributed by atoms with Gasteiger partial charge in [-0.1, -0.05) is 15.9 Å². The summed E-state index contributed by atoms with van der Waals surface area (Å²) in [5, 5.41) is 3.66. The number of aromatic nitrogens is 1. The molecule has 0 aliphatic heterocycles. The smallest absolute Gasteiger partial charge is 0.267 e. The van der Waals surface area contributed by atoms with Gasteiger partial charge in [0, 0.05) is 10.0 Å². The van der Waals surface area contributed by atoms with Crippen molar-refractivity contribution in [2.45, 2.75) is 13.8 Å². The van der Waals surface area contributed by atoms with Crippen molar-refractivity contribution in [3.63, 3.8) is 0 Å². The molecule has 0 aliphatic carbocycles. The fraction of sp³-hybridized carbons (Fsp3) is 0.238. The lowest BCUT2D eigenvalue weighted by Crippen LogP contribution is -2.12. The van der Waals surface area contributed by atoms with Gasteiger partial charge >= 0.3 is 0 Å². The number of ether oxygens (including phenoxy) is 3. The van der Waals surface area contributed by atoms with Gasteiger partial charge in [0.2, 0.25) is 0 Å². The van der Waals surface area contributed by atoms with Crippen LogP contribution in [-0.2, 0) is 0 Å².